The molecular formula is C12H23NS. The molecule has 0 spiro atoms. The van der Waals surface area contributed by atoms with Gasteiger partial charge >= 0.3 is 0 Å². The van der Waals surface area contributed by atoms with Gasteiger partial charge in [0.1, 0.15) is 0 Å². The Morgan fingerprint density at radius 2 is 2.21 bits per heavy atom. The molecule has 14 heavy (non-hydrogen) atoms. The molecule has 0 aromatic rings. The zero-order valence-electron chi connectivity index (χ0n) is 9.30. The second-order valence-electron chi connectivity index (χ2n) is 5.19. The van der Waals surface area contributed by atoms with Crippen molar-refractivity contribution in [1.82, 2.24) is 0 Å². The van der Waals surface area contributed by atoms with Crippen LogP contribution in [0.15, 0.2) is 0 Å². The minimum atomic E-state index is 0.481. The van der Waals surface area contributed by atoms with Gasteiger partial charge in [0.25, 0.3) is 0 Å². The van der Waals surface area contributed by atoms with Crippen molar-refractivity contribution < 1.29 is 0 Å². The predicted octanol–water partition coefficient (Wildman–Crippen LogP) is 3.04. The normalized spacial score (nSPS) is 44.1. The van der Waals surface area contributed by atoms with E-state index in [1.54, 1.807) is 0 Å². The van der Waals surface area contributed by atoms with Gasteiger partial charge < -0.3 is 5.73 Å². The summed E-state index contributed by atoms with van der Waals surface area (Å²) in [5, 5.41) is 0. The summed E-state index contributed by atoms with van der Waals surface area (Å²) in [6.45, 7) is 3.32. The molecule has 0 radical (unpaired) electrons. The molecule has 1 aliphatic heterocycles. The Kier molecular flexibility index (Phi) is 3.43. The number of rotatable bonds is 2. The van der Waals surface area contributed by atoms with E-state index in [0.29, 0.717) is 4.75 Å². The second kappa shape index (κ2) is 4.44. The minimum absolute atomic E-state index is 0.481. The molecule has 2 heteroatoms. The molecule has 1 nitrogen and oxygen atoms in total. The lowest BCUT2D eigenvalue weighted by atomic mass is 9.74. The standard InChI is InChI=1S/C12H23NS/c1-10-4-2-5-11(8-10)12(9-13)6-3-7-14-12/h10-11H,2-9,13H2,1H3. The summed E-state index contributed by atoms with van der Waals surface area (Å²) in [4.78, 5) is 0. The van der Waals surface area contributed by atoms with E-state index in [1.165, 1.54) is 44.3 Å². The van der Waals surface area contributed by atoms with Crippen LogP contribution in [-0.2, 0) is 0 Å². The minimum Gasteiger partial charge on any atom is -0.329 e. The fourth-order valence-electron chi connectivity index (χ4n) is 3.28. The first-order chi connectivity index (χ1) is 6.77. The van der Waals surface area contributed by atoms with E-state index in [1.807, 2.05) is 0 Å². The smallest absolute Gasteiger partial charge is 0.0310 e. The van der Waals surface area contributed by atoms with Crippen LogP contribution in [0.4, 0.5) is 0 Å². The monoisotopic (exact) mass is 213 g/mol. The summed E-state index contributed by atoms with van der Waals surface area (Å²) >= 11 is 2.17. The van der Waals surface area contributed by atoms with Crippen LogP contribution in [0.5, 0.6) is 0 Å². The Hall–Kier alpha value is 0.310. The van der Waals surface area contributed by atoms with Crippen molar-refractivity contribution >= 4 is 11.8 Å². The lowest BCUT2D eigenvalue weighted by Gasteiger charge is -2.40. The maximum Gasteiger partial charge on any atom is 0.0310 e. The molecule has 1 saturated carbocycles. The Bertz CT molecular complexity index is 187. The maximum atomic E-state index is 6.02. The molecule has 0 aromatic carbocycles. The van der Waals surface area contributed by atoms with Gasteiger partial charge in [0, 0.05) is 11.3 Å². The fraction of sp³-hybridized carbons (Fsp3) is 1.00. The Labute approximate surface area is 92.2 Å². The van der Waals surface area contributed by atoms with Gasteiger partial charge in [-0.2, -0.15) is 11.8 Å². The molecule has 3 atom stereocenters. The predicted molar refractivity (Wildman–Crippen MR) is 64.6 cm³/mol. The highest BCUT2D eigenvalue weighted by molar-refractivity contribution is 8.00. The molecule has 0 bridgehead atoms. The molecule has 2 N–H and O–H groups in total. The molecule has 0 aromatic heterocycles. The summed E-state index contributed by atoms with van der Waals surface area (Å²) in [7, 11) is 0. The molecule has 1 saturated heterocycles. The van der Waals surface area contributed by atoms with Gasteiger partial charge in [-0.25, -0.2) is 0 Å². The first-order valence-electron chi connectivity index (χ1n) is 6.11. The van der Waals surface area contributed by atoms with Crippen molar-refractivity contribution in [3.8, 4) is 0 Å². The van der Waals surface area contributed by atoms with Crippen molar-refractivity contribution in [1.29, 1.82) is 0 Å². The molecule has 2 rings (SSSR count). The van der Waals surface area contributed by atoms with Crippen molar-refractivity contribution in [2.75, 3.05) is 12.3 Å². The number of hydrogen-bond donors (Lipinski definition) is 1. The molecule has 1 heterocycles. The lowest BCUT2D eigenvalue weighted by molar-refractivity contribution is 0.226. The topological polar surface area (TPSA) is 26.0 Å². The number of hydrogen-bond acceptors (Lipinski definition) is 2. The van der Waals surface area contributed by atoms with Crippen LogP contribution in [0.3, 0.4) is 0 Å². The van der Waals surface area contributed by atoms with Crippen molar-refractivity contribution in [3.63, 3.8) is 0 Å². The molecule has 0 amide bonds. The summed E-state index contributed by atoms with van der Waals surface area (Å²) in [6, 6.07) is 0. The van der Waals surface area contributed by atoms with E-state index in [0.717, 1.165) is 18.4 Å². The molecule has 2 aliphatic rings. The third-order valence-corrected chi connectivity index (χ3v) is 5.93. The van der Waals surface area contributed by atoms with Gasteiger partial charge in [-0.15, -0.1) is 0 Å². The molecule has 82 valence electrons. The van der Waals surface area contributed by atoms with Crippen LogP contribution >= 0.6 is 11.8 Å². The zero-order chi connectivity index (χ0) is 10.0. The summed E-state index contributed by atoms with van der Waals surface area (Å²) < 4.78 is 0.481. The van der Waals surface area contributed by atoms with Gasteiger partial charge in [-0.05, 0) is 43.3 Å². The van der Waals surface area contributed by atoms with Gasteiger partial charge in [0.2, 0.25) is 0 Å². The molecule has 3 unspecified atom stereocenters. The van der Waals surface area contributed by atoms with Crippen LogP contribution < -0.4 is 5.73 Å². The fourth-order valence-corrected chi connectivity index (χ4v) is 4.83. The van der Waals surface area contributed by atoms with Crippen LogP contribution in [0, 0.1) is 11.8 Å². The van der Waals surface area contributed by atoms with Crippen LogP contribution in [-0.4, -0.2) is 17.0 Å². The third kappa shape index (κ3) is 1.96. The van der Waals surface area contributed by atoms with E-state index in [2.05, 4.69) is 18.7 Å². The van der Waals surface area contributed by atoms with E-state index in [9.17, 15) is 0 Å². The highest BCUT2D eigenvalue weighted by Gasteiger charge is 2.42. The van der Waals surface area contributed by atoms with Crippen molar-refractivity contribution in [2.45, 2.75) is 50.2 Å². The average Bonchev–Trinajstić information content (AvgIpc) is 2.67. The summed E-state index contributed by atoms with van der Waals surface area (Å²) in [5.41, 5.74) is 6.02. The third-order valence-electron chi connectivity index (χ3n) is 4.16. The first kappa shape index (κ1) is 10.8. The van der Waals surface area contributed by atoms with Crippen LogP contribution in [0.1, 0.15) is 45.4 Å². The Balaban J connectivity index is 2.03. The average molecular weight is 213 g/mol. The van der Waals surface area contributed by atoms with E-state index >= 15 is 0 Å². The maximum absolute atomic E-state index is 6.02. The molecule has 2 fully saturated rings. The van der Waals surface area contributed by atoms with E-state index < -0.39 is 0 Å². The van der Waals surface area contributed by atoms with Crippen molar-refractivity contribution in [2.24, 2.45) is 17.6 Å². The highest BCUT2D eigenvalue weighted by Crippen LogP contribution is 2.49. The molecular weight excluding hydrogens is 190 g/mol. The van der Waals surface area contributed by atoms with Crippen LogP contribution in [0.2, 0.25) is 0 Å². The summed E-state index contributed by atoms with van der Waals surface area (Å²) in [5.74, 6) is 3.21. The Morgan fingerprint density at radius 1 is 1.36 bits per heavy atom. The quantitative estimate of drug-likeness (QED) is 0.763. The zero-order valence-corrected chi connectivity index (χ0v) is 10.1. The van der Waals surface area contributed by atoms with Crippen LogP contribution in [0.25, 0.3) is 0 Å². The first-order valence-corrected chi connectivity index (χ1v) is 7.09. The van der Waals surface area contributed by atoms with E-state index in [-0.39, 0.29) is 0 Å². The lowest BCUT2D eigenvalue weighted by Crippen LogP contribution is -2.41. The number of nitrogens with two attached hydrogens (primary N) is 1. The Morgan fingerprint density at radius 3 is 2.79 bits per heavy atom. The van der Waals surface area contributed by atoms with E-state index in [4.69, 9.17) is 5.73 Å². The molecule has 1 aliphatic carbocycles. The van der Waals surface area contributed by atoms with Gasteiger partial charge in [-0.3, -0.25) is 0 Å². The van der Waals surface area contributed by atoms with Gasteiger partial charge in [-0.1, -0.05) is 19.8 Å². The van der Waals surface area contributed by atoms with Crippen molar-refractivity contribution in [3.05, 3.63) is 0 Å². The van der Waals surface area contributed by atoms with Gasteiger partial charge in [0.05, 0.1) is 0 Å². The number of thioether (sulfide) groups is 1. The second-order valence-corrected chi connectivity index (χ2v) is 6.70. The van der Waals surface area contributed by atoms with Gasteiger partial charge in [0.15, 0.2) is 0 Å². The highest BCUT2D eigenvalue weighted by atomic mass is 32.2. The summed E-state index contributed by atoms with van der Waals surface area (Å²) in [6.07, 6.45) is 8.53. The SMILES string of the molecule is CC1CCCC(C2(CN)CCCS2)C1. The largest absolute Gasteiger partial charge is 0.329 e.